The van der Waals surface area contributed by atoms with Crippen LogP contribution in [0.15, 0.2) is 48.5 Å². The fourth-order valence-corrected chi connectivity index (χ4v) is 2.06. The van der Waals surface area contributed by atoms with Crippen LogP contribution < -0.4 is 4.90 Å². The van der Waals surface area contributed by atoms with Crippen LogP contribution in [0.25, 0.3) is 0 Å². The molecule has 0 spiro atoms. The first kappa shape index (κ1) is 9.99. The lowest BCUT2D eigenvalue weighted by Gasteiger charge is -2.22. The first-order valence-electron chi connectivity index (χ1n) is 5.61. The zero-order chi connectivity index (χ0) is 11.7. The van der Waals surface area contributed by atoms with Crippen molar-refractivity contribution in [2.24, 2.45) is 0 Å². The number of hydrogen-bond donors (Lipinski definition) is 0. The van der Waals surface area contributed by atoms with Crippen LogP contribution >= 0.6 is 0 Å². The van der Waals surface area contributed by atoms with Gasteiger partial charge in [-0.2, -0.15) is 0 Å². The van der Waals surface area contributed by atoms with Gasteiger partial charge >= 0.3 is 0 Å². The van der Waals surface area contributed by atoms with Gasteiger partial charge in [-0.15, -0.1) is 0 Å². The number of nitrogens with zero attached hydrogens (tertiary/aromatic N) is 1. The molecule has 0 amide bonds. The van der Waals surface area contributed by atoms with E-state index in [0.717, 1.165) is 23.4 Å². The molecule has 0 unspecified atom stereocenters. The van der Waals surface area contributed by atoms with Crippen LogP contribution in [0.5, 0.6) is 0 Å². The zero-order valence-electron chi connectivity index (χ0n) is 9.48. The summed E-state index contributed by atoms with van der Waals surface area (Å²) in [4.78, 5) is 2.00. The highest BCUT2D eigenvalue weighted by Crippen LogP contribution is 2.23. The first-order valence-corrected chi connectivity index (χ1v) is 5.61. The molecular formula is C16H12N. The van der Waals surface area contributed by atoms with Gasteiger partial charge in [-0.25, -0.2) is 0 Å². The average Bonchev–Trinajstić information content (AvgIpc) is 2.36. The van der Waals surface area contributed by atoms with E-state index in [2.05, 4.69) is 37.1 Å². The predicted molar refractivity (Wildman–Crippen MR) is 70.4 cm³/mol. The maximum atomic E-state index is 4.10. The Hall–Kier alpha value is -2.20. The van der Waals surface area contributed by atoms with Gasteiger partial charge in [0.2, 0.25) is 0 Å². The molecule has 2 aromatic rings. The molecule has 1 heteroatoms. The molecule has 17 heavy (non-hydrogen) atoms. The highest BCUT2D eigenvalue weighted by molar-refractivity contribution is 5.64. The first-order chi connectivity index (χ1) is 8.34. The van der Waals surface area contributed by atoms with Crippen LogP contribution in [0.2, 0.25) is 0 Å². The number of fused-ring (bicyclic) bond motifs is 2. The number of para-hydroxylation sites is 1. The summed E-state index contributed by atoms with van der Waals surface area (Å²) in [6, 6.07) is 16.4. The maximum absolute atomic E-state index is 4.10. The Labute approximate surface area is 102 Å². The summed E-state index contributed by atoms with van der Waals surface area (Å²) in [7, 11) is 4.10. The minimum atomic E-state index is 0.794. The second kappa shape index (κ2) is 3.99. The number of benzene rings is 2. The van der Waals surface area contributed by atoms with E-state index in [-0.39, 0.29) is 0 Å². The van der Waals surface area contributed by atoms with Crippen molar-refractivity contribution in [3.8, 4) is 11.8 Å². The lowest BCUT2D eigenvalue weighted by atomic mass is 10.0. The second-order valence-electron chi connectivity index (χ2n) is 4.12. The Kier molecular flexibility index (Phi) is 2.34. The summed E-state index contributed by atoms with van der Waals surface area (Å²) in [6.45, 7) is 0.794. The molecule has 1 aliphatic rings. The number of rotatable bonds is 0. The largest absolute Gasteiger partial charge is 0.364 e. The van der Waals surface area contributed by atoms with Crippen molar-refractivity contribution in [2.75, 3.05) is 4.90 Å². The van der Waals surface area contributed by atoms with Crippen molar-refractivity contribution in [2.45, 2.75) is 6.54 Å². The molecule has 1 heterocycles. The van der Waals surface area contributed by atoms with Crippen molar-refractivity contribution >= 4 is 5.69 Å². The van der Waals surface area contributed by atoms with Gasteiger partial charge < -0.3 is 4.90 Å². The molecule has 0 aliphatic carbocycles. The number of hydrogen-bond acceptors (Lipinski definition) is 1. The Morgan fingerprint density at radius 2 is 1.53 bits per heavy atom. The summed E-state index contributed by atoms with van der Waals surface area (Å²) in [5.74, 6) is 6.46. The average molecular weight is 218 g/mol. The van der Waals surface area contributed by atoms with E-state index in [0.29, 0.717) is 0 Å². The lowest BCUT2D eigenvalue weighted by molar-refractivity contribution is 0.957. The van der Waals surface area contributed by atoms with Crippen molar-refractivity contribution in [1.29, 1.82) is 0 Å². The summed E-state index contributed by atoms with van der Waals surface area (Å²) in [6.07, 6.45) is 0. The molecule has 0 N–H and O–H groups in total. The molecule has 0 saturated heterocycles. The molecule has 0 atom stereocenters. The quantitative estimate of drug-likeness (QED) is 0.614. The number of anilines is 1. The smallest absolute Gasteiger partial charge is 0.0529 e. The van der Waals surface area contributed by atoms with Gasteiger partial charge in [0.25, 0.3) is 0 Å². The molecule has 1 aliphatic heterocycles. The maximum Gasteiger partial charge on any atom is 0.0529 e. The van der Waals surface area contributed by atoms with Gasteiger partial charge in [0, 0.05) is 24.7 Å². The topological polar surface area (TPSA) is 3.24 Å². The molecule has 0 fully saturated rings. The van der Waals surface area contributed by atoms with Crippen molar-refractivity contribution in [3.05, 3.63) is 72.3 Å². The molecule has 0 aromatic heterocycles. The molecule has 1 radical (unpaired) electrons. The summed E-state index contributed by atoms with van der Waals surface area (Å²) in [5, 5.41) is 0. The third-order valence-electron chi connectivity index (χ3n) is 2.96. The molecule has 1 nitrogen and oxygen atoms in total. The van der Waals surface area contributed by atoms with Crippen molar-refractivity contribution < 1.29 is 0 Å². The normalized spacial score (nSPS) is 12.6. The van der Waals surface area contributed by atoms with Crippen LogP contribution in [0.1, 0.15) is 16.7 Å². The fraction of sp³-hybridized carbons (Fsp3) is 0.0625. The van der Waals surface area contributed by atoms with E-state index < -0.39 is 0 Å². The van der Waals surface area contributed by atoms with Crippen LogP contribution in [0.4, 0.5) is 5.69 Å². The van der Waals surface area contributed by atoms with Crippen LogP contribution in [-0.2, 0) is 6.54 Å². The molecule has 0 bridgehead atoms. The van der Waals surface area contributed by atoms with Crippen LogP contribution in [0.3, 0.4) is 0 Å². The zero-order valence-corrected chi connectivity index (χ0v) is 9.48. The summed E-state index contributed by atoms with van der Waals surface area (Å²) >= 11 is 0. The van der Waals surface area contributed by atoms with E-state index in [1.807, 2.05) is 35.2 Å². The Morgan fingerprint density at radius 3 is 2.41 bits per heavy atom. The summed E-state index contributed by atoms with van der Waals surface area (Å²) in [5.41, 5.74) is 4.45. The van der Waals surface area contributed by atoms with Gasteiger partial charge in [-0.3, -0.25) is 0 Å². The molecule has 3 rings (SSSR count). The SMILES string of the molecule is [CH2]N1Cc2ccccc2C#Cc2ccccc21. The molecular weight excluding hydrogens is 206 g/mol. The van der Waals surface area contributed by atoms with Crippen LogP contribution in [0, 0.1) is 18.9 Å². The Morgan fingerprint density at radius 1 is 0.882 bits per heavy atom. The van der Waals surface area contributed by atoms with Gasteiger partial charge in [-0.1, -0.05) is 42.2 Å². The summed E-state index contributed by atoms with van der Waals surface area (Å²) < 4.78 is 0. The standard InChI is InChI=1S/C16H12N/c1-17-12-15-8-3-2-6-13(15)10-11-14-7-4-5-9-16(14)17/h2-9H,1,12H2. The lowest BCUT2D eigenvalue weighted by Crippen LogP contribution is -2.16. The van der Waals surface area contributed by atoms with E-state index in [1.165, 1.54) is 5.56 Å². The Bertz CT molecular complexity index is 617. The highest BCUT2D eigenvalue weighted by Gasteiger charge is 2.10. The highest BCUT2D eigenvalue weighted by atomic mass is 15.1. The minimum Gasteiger partial charge on any atom is -0.364 e. The third kappa shape index (κ3) is 1.79. The molecule has 0 saturated carbocycles. The Balaban J connectivity index is 2.20. The fourth-order valence-electron chi connectivity index (χ4n) is 2.06. The van der Waals surface area contributed by atoms with Gasteiger partial charge in [0.15, 0.2) is 0 Å². The molecule has 81 valence electrons. The van der Waals surface area contributed by atoms with E-state index >= 15 is 0 Å². The van der Waals surface area contributed by atoms with Gasteiger partial charge in [0.1, 0.15) is 0 Å². The molecule has 2 aromatic carbocycles. The van der Waals surface area contributed by atoms with Crippen LogP contribution in [-0.4, -0.2) is 0 Å². The van der Waals surface area contributed by atoms with E-state index in [4.69, 9.17) is 0 Å². The second-order valence-corrected chi connectivity index (χ2v) is 4.12. The third-order valence-corrected chi connectivity index (χ3v) is 2.96. The van der Waals surface area contributed by atoms with E-state index in [1.54, 1.807) is 0 Å². The van der Waals surface area contributed by atoms with Crippen molar-refractivity contribution in [1.82, 2.24) is 0 Å². The predicted octanol–water partition coefficient (Wildman–Crippen LogP) is 3.20. The van der Waals surface area contributed by atoms with E-state index in [9.17, 15) is 0 Å². The van der Waals surface area contributed by atoms with Gasteiger partial charge in [0.05, 0.1) is 5.69 Å². The van der Waals surface area contributed by atoms with Crippen molar-refractivity contribution in [3.63, 3.8) is 0 Å². The van der Waals surface area contributed by atoms with Gasteiger partial charge in [-0.05, 0) is 23.8 Å². The monoisotopic (exact) mass is 218 g/mol. The minimum absolute atomic E-state index is 0.794.